The molecule has 0 radical (unpaired) electrons. The van der Waals surface area contributed by atoms with E-state index in [0.29, 0.717) is 0 Å². The van der Waals surface area contributed by atoms with Crippen molar-refractivity contribution >= 4 is 15.7 Å². The zero-order valence-electron chi connectivity index (χ0n) is 7.81. The second-order valence-corrected chi connectivity index (χ2v) is 5.10. The number of hydrogen-bond donors (Lipinski definition) is 1. The molecule has 1 amide bonds. The fourth-order valence-electron chi connectivity index (χ4n) is 1.01. The van der Waals surface area contributed by atoms with Crippen LogP contribution in [0.4, 0.5) is 4.39 Å². The number of carbonyl (C=O) groups is 1. The highest BCUT2D eigenvalue weighted by Gasteiger charge is 2.15. The Balaban J connectivity index is 2.91. The van der Waals surface area contributed by atoms with E-state index in [1.54, 1.807) is 0 Å². The highest BCUT2D eigenvalue weighted by molar-refractivity contribution is 7.91. The first-order valence-corrected chi connectivity index (χ1v) is 5.84. The van der Waals surface area contributed by atoms with E-state index in [-0.39, 0.29) is 11.3 Å². The van der Waals surface area contributed by atoms with Crippen molar-refractivity contribution in [3.05, 3.63) is 30.1 Å². The summed E-state index contributed by atoms with van der Waals surface area (Å²) in [6.07, 6.45) is -0.265. The van der Waals surface area contributed by atoms with Gasteiger partial charge in [0.15, 0.2) is 9.84 Å². The van der Waals surface area contributed by atoms with Crippen molar-refractivity contribution in [2.24, 2.45) is 5.73 Å². The molecule has 2 N–H and O–H groups in total. The highest BCUT2D eigenvalue weighted by atomic mass is 32.2. The van der Waals surface area contributed by atoms with E-state index in [1.807, 2.05) is 0 Å². The van der Waals surface area contributed by atoms with Gasteiger partial charge in [-0.1, -0.05) is 6.07 Å². The van der Waals surface area contributed by atoms with Gasteiger partial charge in [-0.05, 0) is 18.2 Å². The van der Waals surface area contributed by atoms with Gasteiger partial charge >= 0.3 is 0 Å². The monoisotopic (exact) mass is 231 g/mol. The molecule has 0 saturated heterocycles. The molecule has 0 aliphatic carbocycles. The molecular weight excluding hydrogens is 221 g/mol. The van der Waals surface area contributed by atoms with Crippen LogP contribution in [0, 0.1) is 5.82 Å². The van der Waals surface area contributed by atoms with Gasteiger partial charge in [-0.2, -0.15) is 0 Å². The number of halogens is 1. The number of rotatable bonds is 4. The number of amides is 1. The highest BCUT2D eigenvalue weighted by Crippen LogP contribution is 2.13. The number of sulfone groups is 1. The third-order valence-electron chi connectivity index (χ3n) is 1.77. The van der Waals surface area contributed by atoms with Crippen LogP contribution in [-0.2, 0) is 14.6 Å². The van der Waals surface area contributed by atoms with Gasteiger partial charge in [0.25, 0.3) is 0 Å². The molecule has 0 aliphatic rings. The lowest BCUT2D eigenvalue weighted by molar-refractivity contribution is -0.117. The Kier molecular flexibility index (Phi) is 3.41. The zero-order chi connectivity index (χ0) is 11.5. The molecule has 82 valence electrons. The van der Waals surface area contributed by atoms with Crippen LogP contribution in [0.3, 0.4) is 0 Å². The van der Waals surface area contributed by atoms with Crippen LogP contribution in [0.2, 0.25) is 0 Å². The normalized spacial score (nSPS) is 11.3. The van der Waals surface area contributed by atoms with E-state index in [0.717, 1.165) is 12.1 Å². The molecule has 0 atom stereocenters. The molecule has 0 aromatic heterocycles. The van der Waals surface area contributed by atoms with Gasteiger partial charge in [0.1, 0.15) is 5.82 Å². The first-order valence-electron chi connectivity index (χ1n) is 4.18. The summed E-state index contributed by atoms with van der Waals surface area (Å²) in [5.41, 5.74) is 4.83. The predicted octanol–water partition coefficient (Wildman–Crippen LogP) is 0.475. The molecule has 1 rings (SSSR count). The van der Waals surface area contributed by atoms with Gasteiger partial charge in [-0.15, -0.1) is 0 Å². The molecule has 1 aromatic rings. The molecule has 15 heavy (non-hydrogen) atoms. The molecule has 6 heteroatoms. The van der Waals surface area contributed by atoms with Crippen LogP contribution in [-0.4, -0.2) is 20.1 Å². The van der Waals surface area contributed by atoms with Crippen molar-refractivity contribution in [1.82, 2.24) is 0 Å². The summed E-state index contributed by atoms with van der Waals surface area (Å²) >= 11 is 0. The summed E-state index contributed by atoms with van der Waals surface area (Å²) in [5.74, 6) is -1.73. The summed E-state index contributed by atoms with van der Waals surface area (Å²) in [7, 11) is -3.62. The maximum absolute atomic E-state index is 12.7. The average Bonchev–Trinajstić information content (AvgIpc) is 2.15. The molecule has 0 unspecified atom stereocenters. The fourth-order valence-corrected chi connectivity index (χ4v) is 2.30. The minimum absolute atomic E-state index is 0.135. The first kappa shape index (κ1) is 11.6. The Hall–Kier alpha value is -1.43. The molecule has 0 spiro atoms. The zero-order valence-corrected chi connectivity index (χ0v) is 8.63. The molecule has 0 fully saturated rings. The molecular formula is C9H10FNO3S. The van der Waals surface area contributed by atoms with Crippen molar-refractivity contribution in [3.8, 4) is 0 Å². The Labute approximate surface area is 86.8 Å². The SMILES string of the molecule is NC(=O)CCS(=O)(=O)c1cccc(F)c1. The molecule has 0 aliphatic heterocycles. The van der Waals surface area contributed by atoms with Gasteiger partial charge in [0.05, 0.1) is 10.6 Å². The van der Waals surface area contributed by atoms with Crippen LogP contribution in [0.1, 0.15) is 6.42 Å². The van der Waals surface area contributed by atoms with Gasteiger partial charge in [0.2, 0.25) is 5.91 Å². The summed E-state index contributed by atoms with van der Waals surface area (Å²) in [6.45, 7) is 0. The van der Waals surface area contributed by atoms with Crippen molar-refractivity contribution in [3.63, 3.8) is 0 Å². The Morgan fingerprint density at radius 3 is 2.60 bits per heavy atom. The number of carbonyl (C=O) groups excluding carboxylic acids is 1. The topological polar surface area (TPSA) is 77.2 Å². The number of hydrogen-bond acceptors (Lipinski definition) is 3. The quantitative estimate of drug-likeness (QED) is 0.818. The van der Waals surface area contributed by atoms with E-state index in [1.165, 1.54) is 12.1 Å². The number of primary amides is 1. The largest absolute Gasteiger partial charge is 0.370 e. The van der Waals surface area contributed by atoms with Crippen molar-refractivity contribution in [2.75, 3.05) is 5.75 Å². The smallest absolute Gasteiger partial charge is 0.218 e. The average molecular weight is 231 g/mol. The van der Waals surface area contributed by atoms with Gasteiger partial charge in [-0.3, -0.25) is 4.79 Å². The van der Waals surface area contributed by atoms with E-state index in [2.05, 4.69) is 0 Å². The third kappa shape index (κ3) is 3.32. The van der Waals surface area contributed by atoms with E-state index in [4.69, 9.17) is 5.73 Å². The second kappa shape index (κ2) is 4.39. The summed E-state index contributed by atoms with van der Waals surface area (Å²) in [5, 5.41) is 0. The minimum atomic E-state index is -3.62. The summed E-state index contributed by atoms with van der Waals surface area (Å²) in [4.78, 5) is 10.3. The van der Waals surface area contributed by atoms with Gasteiger partial charge in [0, 0.05) is 6.42 Å². The van der Waals surface area contributed by atoms with Gasteiger partial charge in [-0.25, -0.2) is 12.8 Å². The molecule has 1 aromatic carbocycles. The van der Waals surface area contributed by atoms with Crippen molar-refractivity contribution in [1.29, 1.82) is 0 Å². The van der Waals surface area contributed by atoms with Crippen LogP contribution < -0.4 is 5.73 Å². The Morgan fingerprint density at radius 2 is 2.07 bits per heavy atom. The maximum atomic E-state index is 12.7. The first-order chi connectivity index (χ1) is 6.92. The number of benzene rings is 1. The van der Waals surface area contributed by atoms with Crippen LogP contribution in [0.25, 0.3) is 0 Å². The number of nitrogens with two attached hydrogens (primary N) is 1. The lowest BCUT2D eigenvalue weighted by Gasteiger charge is -2.02. The molecule has 4 nitrogen and oxygen atoms in total. The lowest BCUT2D eigenvalue weighted by Crippen LogP contribution is -2.17. The fraction of sp³-hybridized carbons (Fsp3) is 0.222. The Morgan fingerprint density at radius 1 is 1.40 bits per heavy atom. The van der Waals surface area contributed by atoms with Crippen molar-refractivity contribution in [2.45, 2.75) is 11.3 Å². The second-order valence-electron chi connectivity index (χ2n) is 2.99. The Bertz CT molecular complexity index is 470. The van der Waals surface area contributed by atoms with E-state index in [9.17, 15) is 17.6 Å². The van der Waals surface area contributed by atoms with Crippen LogP contribution >= 0.6 is 0 Å². The minimum Gasteiger partial charge on any atom is -0.370 e. The van der Waals surface area contributed by atoms with E-state index >= 15 is 0 Å². The molecule has 0 heterocycles. The van der Waals surface area contributed by atoms with Crippen LogP contribution in [0.5, 0.6) is 0 Å². The summed E-state index contributed by atoms with van der Waals surface area (Å²) in [6, 6.07) is 4.63. The van der Waals surface area contributed by atoms with Crippen LogP contribution in [0.15, 0.2) is 29.2 Å². The standard InChI is InChI=1S/C9H10FNO3S/c10-7-2-1-3-8(6-7)15(13,14)5-4-9(11)12/h1-3,6H,4-5H2,(H2,11,12). The molecule has 0 saturated carbocycles. The molecule has 0 bridgehead atoms. The lowest BCUT2D eigenvalue weighted by atomic mass is 10.4. The summed E-state index contributed by atoms with van der Waals surface area (Å²) < 4.78 is 35.8. The van der Waals surface area contributed by atoms with E-state index < -0.39 is 27.3 Å². The maximum Gasteiger partial charge on any atom is 0.218 e. The predicted molar refractivity (Wildman–Crippen MR) is 52.3 cm³/mol. The third-order valence-corrected chi connectivity index (χ3v) is 3.49. The van der Waals surface area contributed by atoms with Gasteiger partial charge < -0.3 is 5.73 Å². The van der Waals surface area contributed by atoms with Crippen molar-refractivity contribution < 1.29 is 17.6 Å².